The molecule has 2 aromatic rings. The molecule has 2 aliphatic heterocycles. The average molecular weight is 430 g/mol. The minimum Gasteiger partial charge on any atom is -0.457 e. The van der Waals surface area contributed by atoms with E-state index in [1.807, 2.05) is 0 Å². The number of cyclic esters (lactones) is 3. The monoisotopic (exact) mass is 430 g/mol. The number of esters is 3. The Balaban J connectivity index is 2.05. The fourth-order valence-corrected chi connectivity index (χ4v) is 3.65. The second-order valence-corrected chi connectivity index (χ2v) is 6.63. The molecule has 30 heavy (non-hydrogen) atoms. The zero-order valence-corrected chi connectivity index (χ0v) is 14.5. The molecule has 0 radical (unpaired) electrons. The first-order valence-corrected chi connectivity index (χ1v) is 8.23. The zero-order valence-electron chi connectivity index (χ0n) is 14.5. The molecule has 11 heteroatoms. The minimum absolute atomic E-state index is 0.144. The number of alkyl halides is 6. The first-order valence-electron chi connectivity index (χ1n) is 8.23. The number of carbonyl (C=O) groups excluding carboxylic acids is 3. The third-order valence-corrected chi connectivity index (χ3v) is 5.05. The molecule has 0 amide bonds. The van der Waals surface area contributed by atoms with Crippen LogP contribution < -0.4 is 0 Å². The fraction of sp³-hybridized carbons (Fsp3) is 0.211. The molecule has 0 saturated heterocycles. The number of rotatable bonds is 2. The molecular weight excluding hydrogens is 422 g/mol. The Morgan fingerprint density at radius 2 is 1.20 bits per heavy atom. The third kappa shape index (κ3) is 2.54. The van der Waals surface area contributed by atoms with Gasteiger partial charge in [-0.2, -0.15) is 26.3 Å². The molecule has 0 aromatic heterocycles. The number of ether oxygens (including phenoxy) is 2. The van der Waals surface area contributed by atoms with Gasteiger partial charge in [-0.1, -0.05) is 18.2 Å². The summed E-state index contributed by atoms with van der Waals surface area (Å²) in [6, 6.07) is 3.53. The van der Waals surface area contributed by atoms with Gasteiger partial charge in [0, 0.05) is 5.56 Å². The summed E-state index contributed by atoms with van der Waals surface area (Å²) in [6.45, 7) is -0.272. The van der Waals surface area contributed by atoms with Crippen LogP contribution in [0.5, 0.6) is 0 Å². The lowest BCUT2D eigenvalue weighted by atomic mass is 9.71. The number of carbonyl (C=O) groups is 3. The number of hydrogen-bond acceptors (Lipinski definition) is 5. The molecule has 0 unspecified atom stereocenters. The Morgan fingerprint density at radius 1 is 0.667 bits per heavy atom. The van der Waals surface area contributed by atoms with Gasteiger partial charge in [-0.05, 0) is 29.3 Å². The van der Waals surface area contributed by atoms with Crippen molar-refractivity contribution in [1.82, 2.24) is 0 Å². The van der Waals surface area contributed by atoms with Crippen LogP contribution in [0.3, 0.4) is 0 Å². The summed E-state index contributed by atoms with van der Waals surface area (Å²) in [5, 5.41) is 0. The summed E-state index contributed by atoms with van der Waals surface area (Å²) < 4.78 is 94.1. The van der Waals surface area contributed by atoms with Crippen LogP contribution in [0.4, 0.5) is 26.3 Å². The molecule has 0 N–H and O–H groups in total. The van der Waals surface area contributed by atoms with E-state index < -0.39 is 63.5 Å². The van der Waals surface area contributed by atoms with E-state index in [1.165, 1.54) is 0 Å². The predicted molar refractivity (Wildman–Crippen MR) is 84.6 cm³/mol. The van der Waals surface area contributed by atoms with Gasteiger partial charge >= 0.3 is 30.3 Å². The van der Waals surface area contributed by atoms with E-state index in [9.17, 15) is 40.7 Å². The molecule has 0 atom stereocenters. The second kappa shape index (κ2) is 6.07. The molecule has 5 nitrogen and oxygen atoms in total. The van der Waals surface area contributed by atoms with Crippen molar-refractivity contribution in [3.8, 4) is 0 Å². The van der Waals surface area contributed by atoms with Crippen molar-refractivity contribution in [2.75, 3.05) is 0 Å². The highest BCUT2D eigenvalue weighted by molar-refractivity contribution is 6.14. The van der Waals surface area contributed by atoms with Crippen LogP contribution in [0.2, 0.25) is 0 Å². The average Bonchev–Trinajstić information content (AvgIpc) is 3.13. The Bertz CT molecular complexity index is 1100. The fourth-order valence-electron chi connectivity index (χ4n) is 3.65. The van der Waals surface area contributed by atoms with E-state index in [0.717, 1.165) is 6.07 Å². The highest BCUT2D eigenvalue weighted by atomic mass is 19.4. The van der Waals surface area contributed by atoms with Crippen LogP contribution in [0, 0.1) is 0 Å². The molecule has 0 saturated carbocycles. The topological polar surface area (TPSA) is 69.7 Å². The summed E-state index contributed by atoms with van der Waals surface area (Å²) in [5.41, 5.74) is -8.64. The molecule has 156 valence electrons. The van der Waals surface area contributed by atoms with Crippen molar-refractivity contribution in [1.29, 1.82) is 0 Å². The summed E-state index contributed by atoms with van der Waals surface area (Å²) in [5.74, 6) is -3.58. The Labute approximate surface area is 163 Å². The van der Waals surface area contributed by atoms with Gasteiger partial charge in [-0.15, -0.1) is 0 Å². The van der Waals surface area contributed by atoms with Gasteiger partial charge in [0.1, 0.15) is 6.61 Å². The summed E-state index contributed by atoms with van der Waals surface area (Å²) >= 11 is 0. The first-order chi connectivity index (χ1) is 13.9. The van der Waals surface area contributed by atoms with Crippen molar-refractivity contribution < 1.29 is 50.2 Å². The maximum Gasteiger partial charge on any atom is 0.411 e. The predicted octanol–water partition coefficient (Wildman–Crippen LogP) is 4.08. The molecule has 0 aliphatic carbocycles. The standard InChI is InChI=1S/C19H8F6O5/c20-18(21,22)17(19(23,24)25,9-2-1-8-7-29-14(26)12(8)5-9)10-3-4-11-13(6-10)16(28)30-15(11)27/h1-6H,7H2. The summed E-state index contributed by atoms with van der Waals surface area (Å²) in [7, 11) is 0. The molecule has 2 aromatic carbocycles. The summed E-state index contributed by atoms with van der Waals surface area (Å²) in [4.78, 5) is 35.0. The van der Waals surface area contributed by atoms with Crippen LogP contribution in [-0.4, -0.2) is 30.3 Å². The lowest BCUT2D eigenvalue weighted by Gasteiger charge is -2.38. The highest BCUT2D eigenvalue weighted by Crippen LogP contribution is 2.56. The Hall–Kier alpha value is -3.37. The zero-order chi connectivity index (χ0) is 22.1. The van der Waals surface area contributed by atoms with Gasteiger partial charge in [0.15, 0.2) is 0 Å². The number of halogens is 6. The molecule has 0 bridgehead atoms. The first kappa shape index (κ1) is 19.9. The van der Waals surface area contributed by atoms with E-state index >= 15 is 0 Å². The normalized spacial score (nSPS) is 16.3. The number of benzene rings is 2. The molecule has 2 aliphatic rings. The van der Waals surface area contributed by atoms with Crippen LogP contribution >= 0.6 is 0 Å². The lowest BCUT2D eigenvalue weighted by Crippen LogP contribution is -2.55. The van der Waals surface area contributed by atoms with Crippen molar-refractivity contribution in [3.05, 3.63) is 69.8 Å². The van der Waals surface area contributed by atoms with Gasteiger partial charge in [0.05, 0.1) is 16.7 Å². The number of hydrogen-bond donors (Lipinski definition) is 0. The van der Waals surface area contributed by atoms with Crippen molar-refractivity contribution in [3.63, 3.8) is 0 Å². The van der Waals surface area contributed by atoms with Crippen LogP contribution in [0.25, 0.3) is 0 Å². The van der Waals surface area contributed by atoms with Crippen molar-refractivity contribution >= 4 is 17.9 Å². The maximum absolute atomic E-state index is 14.2. The Morgan fingerprint density at radius 3 is 1.80 bits per heavy atom. The van der Waals surface area contributed by atoms with E-state index in [0.29, 0.717) is 30.3 Å². The molecule has 0 fully saturated rings. The van der Waals surface area contributed by atoms with Gasteiger partial charge < -0.3 is 9.47 Å². The molecule has 0 spiro atoms. The molecular formula is C19H8F6O5. The maximum atomic E-state index is 14.2. The van der Waals surface area contributed by atoms with E-state index in [-0.39, 0.29) is 12.2 Å². The van der Waals surface area contributed by atoms with E-state index in [2.05, 4.69) is 9.47 Å². The SMILES string of the molecule is O=C1OCc2ccc(C(c3ccc4c(c3)C(=O)OC4=O)(C(F)(F)F)C(F)(F)F)cc21. The minimum atomic E-state index is -5.93. The van der Waals surface area contributed by atoms with Crippen LogP contribution in [-0.2, 0) is 21.5 Å². The van der Waals surface area contributed by atoms with Crippen LogP contribution in [0.1, 0.15) is 47.8 Å². The van der Waals surface area contributed by atoms with Gasteiger partial charge in [-0.25, -0.2) is 14.4 Å². The van der Waals surface area contributed by atoms with Gasteiger partial charge in [0.25, 0.3) is 0 Å². The smallest absolute Gasteiger partial charge is 0.411 e. The Kier molecular flexibility index (Phi) is 4.03. The van der Waals surface area contributed by atoms with Crippen molar-refractivity contribution in [2.45, 2.75) is 24.4 Å². The van der Waals surface area contributed by atoms with E-state index in [4.69, 9.17) is 0 Å². The molecule has 4 rings (SSSR count). The lowest BCUT2D eigenvalue weighted by molar-refractivity contribution is -0.288. The van der Waals surface area contributed by atoms with Crippen LogP contribution in [0.15, 0.2) is 36.4 Å². The third-order valence-electron chi connectivity index (χ3n) is 5.05. The van der Waals surface area contributed by atoms with Crippen molar-refractivity contribution in [2.24, 2.45) is 0 Å². The van der Waals surface area contributed by atoms with Gasteiger partial charge in [0.2, 0.25) is 5.41 Å². The molecule has 2 heterocycles. The highest BCUT2D eigenvalue weighted by Gasteiger charge is 2.72. The number of fused-ring (bicyclic) bond motifs is 2. The largest absolute Gasteiger partial charge is 0.457 e. The van der Waals surface area contributed by atoms with E-state index in [1.54, 1.807) is 0 Å². The quantitative estimate of drug-likeness (QED) is 0.408. The summed E-state index contributed by atoms with van der Waals surface area (Å²) in [6.07, 6.45) is -11.9. The second-order valence-electron chi connectivity index (χ2n) is 6.63. The van der Waals surface area contributed by atoms with Gasteiger partial charge in [-0.3, -0.25) is 0 Å².